The number of hydrogen-bond donors (Lipinski definition) is 0. The molecule has 0 spiro atoms. The number of aromatic nitrogens is 2. The third-order valence-corrected chi connectivity index (χ3v) is 14.0. The number of pyridine rings is 2. The third kappa shape index (κ3) is 2.86. The number of cyclic esters (lactones) is 1. The van der Waals surface area contributed by atoms with Gasteiger partial charge in [0, 0.05) is 12.7 Å². The molecule has 4 heterocycles. The summed E-state index contributed by atoms with van der Waals surface area (Å²) < 4.78 is 13.0. The predicted molar refractivity (Wildman–Crippen MR) is 136 cm³/mol. The lowest BCUT2D eigenvalue weighted by molar-refractivity contribution is -0.176. The van der Waals surface area contributed by atoms with Gasteiger partial charge in [-0.05, 0) is 39.7 Å². The molecule has 7 heteroatoms. The Morgan fingerprint density at radius 2 is 1.88 bits per heavy atom. The quantitative estimate of drug-likeness (QED) is 0.323. The largest absolute Gasteiger partial charge is 0.458 e. The molecule has 0 N–H and O–H groups in total. The van der Waals surface area contributed by atoms with Crippen LogP contribution in [0.4, 0.5) is 0 Å². The molecule has 3 aromatic rings. The van der Waals surface area contributed by atoms with E-state index in [-0.39, 0.29) is 17.2 Å². The van der Waals surface area contributed by atoms with E-state index in [1.807, 2.05) is 25.1 Å². The average molecular weight is 477 g/mol. The molecule has 0 amide bonds. The van der Waals surface area contributed by atoms with Gasteiger partial charge < -0.3 is 14.0 Å². The number of carbonyl (C=O) groups excluding carboxylic acids is 1. The number of nitrogens with zero attached hydrogens (tertiary/aromatic N) is 2. The van der Waals surface area contributed by atoms with E-state index in [0.29, 0.717) is 24.1 Å². The molecule has 2 aliphatic rings. The van der Waals surface area contributed by atoms with Crippen molar-refractivity contribution in [3.63, 3.8) is 0 Å². The minimum absolute atomic E-state index is 0.0285. The van der Waals surface area contributed by atoms with E-state index < -0.39 is 19.6 Å². The number of carbonyl (C=O) groups is 1. The van der Waals surface area contributed by atoms with Crippen LogP contribution in [-0.2, 0) is 33.0 Å². The number of methoxy groups -OCH3 is 1. The van der Waals surface area contributed by atoms with Gasteiger partial charge in [-0.15, -0.1) is 0 Å². The molecule has 1 aromatic carbocycles. The van der Waals surface area contributed by atoms with Gasteiger partial charge in [0.05, 0.1) is 37.1 Å². The summed E-state index contributed by atoms with van der Waals surface area (Å²) >= 11 is 0. The Bertz CT molecular complexity index is 1410. The van der Waals surface area contributed by atoms with Crippen LogP contribution in [0.15, 0.2) is 35.1 Å². The average Bonchev–Trinajstić information content (AvgIpc) is 3.15. The molecule has 0 saturated heterocycles. The molecule has 5 rings (SSSR count). The summed E-state index contributed by atoms with van der Waals surface area (Å²) in [6, 6.07) is 10.2. The summed E-state index contributed by atoms with van der Waals surface area (Å²) in [7, 11) is -0.502. The van der Waals surface area contributed by atoms with Crippen molar-refractivity contribution in [1.29, 1.82) is 0 Å². The van der Waals surface area contributed by atoms with Crippen LogP contribution in [0.25, 0.3) is 22.3 Å². The molecular formula is C27H32N2O4Si. The molecule has 2 aromatic heterocycles. The summed E-state index contributed by atoms with van der Waals surface area (Å²) in [4.78, 5) is 31.6. The van der Waals surface area contributed by atoms with Crippen LogP contribution < -0.4 is 10.7 Å². The zero-order valence-corrected chi connectivity index (χ0v) is 22.0. The smallest absolute Gasteiger partial charge is 0.343 e. The van der Waals surface area contributed by atoms with Gasteiger partial charge in [0.2, 0.25) is 0 Å². The zero-order valence-electron chi connectivity index (χ0n) is 21.0. The minimum atomic E-state index is -2.00. The van der Waals surface area contributed by atoms with Gasteiger partial charge in [0.15, 0.2) is 5.60 Å². The Morgan fingerprint density at radius 1 is 1.18 bits per heavy atom. The minimum Gasteiger partial charge on any atom is -0.458 e. The number of fused-ring (bicyclic) bond motifs is 5. The lowest BCUT2D eigenvalue weighted by atomic mass is 9.85. The first-order chi connectivity index (χ1) is 16.0. The van der Waals surface area contributed by atoms with Gasteiger partial charge in [-0.1, -0.05) is 59.0 Å². The van der Waals surface area contributed by atoms with E-state index in [4.69, 9.17) is 14.5 Å². The molecule has 0 fully saturated rings. The zero-order chi connectivity index (χ0) is 24.6. The first-order valence-corrected chi connectivity index (χ1v) is 14.9. The van der Waals surface area contributed by atoms with E-state index in [1.54, 1.807) is 4.57 Å². The second-order valence-corrected chi connectivity index (χ2v) is 16.2. The molecule has 1 atom stereocenters. The highest BCUT2D eigenvalue weighted by Crippen LogP contribution is 2.43. The van der Waals surface area contributed by atoms with Gasteiger partial charge in [0.1, 0.15) is 6.61 Å². The Balaban J connectivity index is 1.87. The number of rotatable bonds is 3. The normalized spacial score (nSPS) is 19.6. The van der Waals surface area contributed by atoms with Crippen molar-refractivity contribution >= 4 is 30.1 Å². The van der Waals surface area contributed by atoms with Crippen molar-refractivity contribution in [2.75, 3.05) is 7.11 Å². The molecule has 2 aliphatic heterocycles. The van der Waals surface area contributed by atoms with Gasteiger partial charge >= 0.3 is 5.97 Å². The Hall–Kier alpha value is -2.77. The monoisotopic (exact) mass is 476 g/mol. The second-order valence-electron chi connectivity index (χ2n) is 11.0. The lowest BCUT2D eigenvalue weighted by Gasteiger charge is -2.39. The lowest BCUT2D eigenvalue weighted by Crippen LogP contribution is -2.51. The molecular weight excluding hydrogens is 444 g/mol. The standard InChI is InChI=1S/C27H32N2O4Si/c1-8-27(32-5)19-13-21-22-17(14-29(21)24(30)18(19)15-33-25(27)31)23(34(6,7)26(2,3)4)16-11-9-10-12-20(16)28-22/h9-13H,8,14-15H2,1-7H3/t27-/m0/s1. The fourth-order valence-electron chi connectivity index (χ4n) is 5.44. The van der Waals surface area contributed by atoms with Gasteiger partial charge in [0.25, 0.3) is 5.56 Å². The first kappa shape index (κ1) is 23.0. The third-order valence-electron chi connectivity index (χ3n) is 8.41. The first-order valence-electron chi connectivity index (χ1n) is 11.9. The maximum absolute atomic E-state index is 13.8. The molecule has 0 aliphatic carbocycles. The predicted octanol–water partition coefficient (Wildman–Crippen LogP) is 4.45. The molecule has 0 radical (unpaired) electrons. The van der Waals surface area contributed by atoms with E-state index >= 15 is 0 Å². The maximum atomic E-state index is 13.8. The van der Waals surface area contributed by atoms with Crippen molar-refractivity contribution in [2.24, 2.45) is 0 Å². The molecule has 0 bridgehead atoms. The fraction of sp³-hybridized carbons (Fsp3) is 0.444. The van der Waals surface area contributed by atoms with Crippen LogP contribution in [0.3, 0.4) is 0 Å². The summed E-state index contributed by atoms with van der Waals surface area (Å²) in [6.07, 6.45) is 0.380. The van der Waals surface area contributed by atoms with Crippen molar-refractivity contribution in [1.82, 2.24) is 9.55 Å². The van der Waals surface area contributed by atoms with Crippen LogP contribution in [0, 0.1) is 0 Å². The SMILES string of the molecule is CC[C@@]1(OC)C(=O)OCc2c1cc1n(c2=O)Cc2c-1nc1ccccc1c2[Si](C)(C)C(C)(C)C. The van der Waals surface area contributed by atoms with E-state index in [2.05, 4.69) is 46.0 Å². The summed E-state index contributed by atoms with van der Waals surface area (Å²) in [5.74, 6) is -0.444. The Morgan fingerprint density at radius 3 is 2.53 bits per heavy atom. The van der Waals surface area contributed by atoms with Crippen molar-refractivity contribution < 1.29 is 14.3 Å². The second kappa shape index (κ2) is 7.36. The highest BCUT2D eigenvalue weighted by Gasteiger charge is 2.48. The topological polar surface area (TPSA) is 70.4 Å². The van der Waals surface area contributed by atoms with Crippen LogP contribution in [0.1, 0.15) is 50.8 Å². The molecule has 0 unspecified atom stereocenters. The molecule has 34 heavy (non-hydrogen) atoms. The van der Waals surface area contributed by atoms with Crippen molar-refractivity contribution in [3.8, 4) is 11.4 Å². The van der Waals surface area contributed by atoms with Crippen molar-refractivity contribution in [3.05, 3.63) is 57.4 Å². The van der Waals surface area contributed by atoms with Crippen LogP contribution in [0.5, 0.6) is 0 Å². The van der Waals surface area contributed by atoms with Gasteiger partial charge in [-0.2, -0.15) is 0 Å². The number of ether oxygens (including phenoxy) is 2. The fourth-order valence-corrected chi connectivity index (χ4v) is 8.03. The molecule has 0 saturated carbocycles. The van der Waals surface area contributed by atoms with Gasteiger partial charge in [-0.25, -0.2) is 9.78 Å². The van der Waals surface area contributed by atoms with Gasteiger partial charge in [-0.3, -0.25) is 4.79 Å². The van der Waals surface area contributed by atoms with Crippen LogP contribution >= 0.6 is 0 Å². The summed E-state index contributed by atoms with van der Waals surface area (Å²) in [6.45, 7) is 14.1. The maximum Gasteiger partial charge on any atom is 0.343 e. The molecule has 178 valence electrons. The summed E-state index contributed by atoms with van der Waals surface area (Å²) in [5.41, 5.74) is 3.39. The summed E-state index contributed by atoms with van der Waals surface area (Å²) in [5, 5.41) is 2.65. The Kier molecular flexibility index (Phi) is 4.98. The molecule has 6 nitrogen and oxygen atoms in total. The van der Waals surface area contributed by atoms with Crippen LogP contribution in [-0.4, -0.2) is 30.7 Å². The highest BCUT2D eigenvalue weighted by molar-refractivity contribution is 6.94. The number of hydrogen-bond acceptors (Lipinski definition) is 5. The number of benzene rings is 1. The van der Waals surface area contributed by atoms with E-state index in [9.17, 15) is 9.59 Å². The van der Waals surface area contributed by atoms with Crippen molar-refractivity contribution in [2.45, 2.75) is 71.0 Å². The number of para-hydroxylation sites is 1. The van der Waals surface area contributed by atoms with E-state index in [0.717, 1.165) is 22.5 Å². The van der Waals surface area contributed by atoms with E-state index in [1.165, 1.54) is 17.7 Å². The van der Waals surface area contributed by atoms with Crippen LogP contribution in [0.2, 0.25) is 18.1 Å². The Labute approximate surface area is 200 Å². The number of esters is 1. The highest BCUT2D eigenvalue weighted by atomic mass is 28.3.